The summed E-state index contributed by atoms with van der Waals surface area (Å²) in [5, 5.41) is 7.72. The Balaban J connectivity index is 2.75. The van der Waals surface area contributed by atoms with Crippen LogP contribution in [-0.4, -0.2) is 42.0 Å². The summed E-state index contributed by atoms with van der Waals surface area (Å²) in [4.78, 5) is 48.6. The van der Waals surface area contributed by atoms with E-state index in [0.29, 0.717) is 17.0 Å². The van der Waals surface area contributed by atoms with Crippen LogP contribution < -0.4 is 16.0 Å². The Labute approximate surface area is 175 Å². The van der Waals surface area contributed by atoms with Gasteiger partial charge in [-0.05, 0) is 57.4 Å². The molecule has 2 atom stereocenters. The van der Waals surface area contributed by atoms with Crippen molar-refractivity contribution in [3.8, 4) is 0 Å². The summed E-state index contributed by atoms with van der Waals surface area (Å²) in [6, 6.07) is 4.44. The highest BCUT2D eigenvalue weighted by Gasteiger charge is 2.28. The number of esters is 1. The smallest absolute Gasteiger partial charge is 0.329 e. The molecule has 1 rings (SSSR count). The fourth-order valence-corrected chi connectivity index (χ4v) is 2.48. The van der Waals surface area contributed by atoms with E-state index in [9.17, 15) is 19.2 Å². The van der Waals surface area contributed by atoms with Crippen LogP contribution in [0, 0.1) is 5.92 Å². The summed E-state index contributed by atoms with van der Waals surface area (Å²) in [5.74, 6) is -1.89. The SMILES string of the molecule is CC(C)C[C@H](NC(=O)c1ccc(Cl)cc1)C(=O)O[C@H](C)C(=O)NC(=O)NC(C)C. The molecule has 0 saturated carbocycles. The normalized spacial score (nSPS) is 12.8. The average molecular weight is 426 g/mol. The molecule has 3 N–H and O–H groups in total. The van der Waals surface area contributed by atoms with E-state index in [1.807, 2.05) is 13.8 Å². The van der Waals surface area contributed by atoms with E-state index in [0.717, 1.165) is 0 Å². The van der Waals surface area contributed by atoms with Gasteiger partial charge >= 0.3 is 12.0 Å². The Hall–Kier alpha value is -2.61. The van der Waals surface area contributed by atoms with Gasteiger partial charge in [-0.15, -0.1) is 0 Å². The molecule has 0 aromatic heterocycles. The van der Waals surface area contributed by atoms with Gasteiger partial charge in [-0.3, -0.25) is 14.9 Å². The standard InChI is InChI=1S/C20H28ClN3O5/c1-11(2)10-16(23-18(26)14-6-8-15(21)9-7-14)19(27)29-13(5)17(25)24-20(28)22-12(3)4/h6-9,11-13,16H,10H2,1-5H3,(H,23,26)(H2,22,24,25,28)/t13-,16+/m1/s1. The van der Waals surface area contributed by atoms with Crippen molar-refractivity contribution in [2.45, 2.75) is 59.2 Å². The van der Waals surface area contributed by atoms with Gasteiger partial charge in [0.1, 0.15) is 6.04 Å². The van der Waals surface area contributed by atoms with Crippen LogP contribution in [0.25, 0.3) is 0 Å². The molecule has 0 aliphatic rings. The number of hydrogen-bond donors (Lipinski definition) is 3. The van der Waals surface area contributed by atoms with E-state index in [1.165, 1.54) is 6.92 Å². The second kappa shape index (κ2) is 11.4. The number of ether oxygens (including phenoxy) is 1. The van der Waals surface area contributed by atoms with Crippen molar-refractivity contribution in [1.82, 2.24) is 16.0 Å². The number of amides is 4. The molecule has 1 aromatic carbocycles. The maximum absolute atomic E-state index is 12.5. The number of imide groups is 1. The molecule has 0 aliphatic heterocycles. The van der Waals surface area contributed by atoms with Crippen molar-refractivity contribution in [3.63, 3.8) is 0 Å². The first-order valence-corrected chi connectivity index (χ1v) is 9.75. The molecule has 1 aromatic rings. The monoisotopic (exact) mass is 425 g/mol. The summed E-state index contributed by atoms with van der Waals surface area (Å²) in [7, 11) is 0. The molecule has 0 heterocycles. The number of halogens is 1. The Morgan fingerprint density at radius 3 is 2.07 bits per heavy atom. The van der Waals surface area contributed by atoms with Crippen LogP contribution in [0.15, 0.2) is 24.3 Å². The average Bonchev–Trinajstić information content (AvgIpc) is 2.60. The molecule has 8 nitrogen and oxygen atoms in total. The first-order valence-electron chi connectivity index (χ1n) is 9.37. The Morgan fingerprint density at radius 2 is 1.55 bits per heavy atom. The van der Waals surface area contributed by atoms with E-state index in [1.54, 1.807) is 38.1 Å². The molecule has 4 amide bonds. The van der Waals surface area contributed by atoms with Gasteiger partial charge in [0.2, 0.25) is 0 Å². The van der Waals surface area contributed by atoms with Crippen molar-refractivity contribution in [2.24, 2.45) is 5.92 Å². The minimum Gasteiger partial charge on any atom is -0.451 e. The molecular formula is C20H28ClN3O5. The van der Waals surface area contributed by atoms with Gasteiger partial charge in [0.05, 0.1) is 0 Å². The zero-order valence-electron chi connectivity index (χ0n) is 17.2. The third-order valence-corrected chi connectivity index (χ3v) is 3.97. The van der Waals surface area contributed by atoms with Crippen molar-refractivity contribution in [2.75, 3.05) is 0 Å². The van der Waals surface area contributed by atoms with Crippen LogP contribution in [0.5, 0.6) is 0 Å². The molecule has 0 saturated heterocycles. The lowest BCUT2D eigenvalue weighted by Crippen LogP contribution is -2.49. The molecule has 0 radical (unpaired) electrons. The molecule has 9 heteroatoms. The third kappa shape index (κ3) is 8.95. The molecule has 160 valence electrons. The topological polar surface area (TPSA) is 114 Å². The second-order valence-electron chi connectivity index (χ2n) is 7.36. The lowest BCUT2D eigenvalue weighted by molar-refractivity contribution is -0.156. The highest BCUT2D eigenvalue weighted by molar-refractivity contribution is 6.30. The van der Waals surface area contributed by atoms with Crippen LogP contribution in [0.4, 0.5) is 4.79 Å². The molecule has 0 spiro atoms. The van der Waals surface area contributed by atoms with Crippen LogP contribution in [0.3, 0.4) is 0 Å². The van der Waals surface area contributed by atoms with E-state index >= 15 is 0 Å². The predicted molar refractivity (Wildman–Crippen MR) is 110 cm³/mol. The Morgan fingerprint density at radius 1 is 0.966 bits per heavy atom. The molecule has 0 fully saturated rings. The molecule has 0 aliphatic carbocycles. The number of carbonyl (C=O) groups excluding carboxylic acids is 4. The van der Waals surface area contributed by atoms with E-state index in [-0.39, 0.29) is 12.0 Å². The van der Waals surface area contributed by atoms with E-state index in [4.69, 9.17) is 16.3 Å². The maximum atomic E-state index is 12.5. The quantitative estimate of drug-likeness (QED) is 0.554. The molecule has 29 heavy (non-hydrogen) atoms. The molecular weight excluding hydrogens is 398 g/mol. The summed E-state index contributed by atoms with van der Waals surface area (Å²) in [6.45, 7) is 8.62. The van der Waals surface area contributed by atoms with Crippen molar-refractivity contribution in [3.05, 3.63) is 34.9 Å². The third-order valence-electron chi connectivity index (χ3n) is 3.72. The highest BCUT2D eigenvalue weighted by atomic mass is 35.5. The van der Waals surface area contributed by atoms with Gasteiger partial charge in [-0.25, -0.2) is 9.59 Å². The largest absolute Gasteiger partial charge is 0.451 e. The Kier molecular flexibility index (Phi) is 9.61. The Bertz CT molecular complexity index is 734. The van der Waals surface area contributed by atoms with Crippen LogP contribution in [-0.2, 0) is 14.3 Å². The first-order chi connectivity index (χ1) is 13.5. The van der Waals surface area contributed by atoms with E-state index in [2.05, 4.69) is 16.0 Å². The van der Waals surface area contributed by atoms with Gasteiger partial charge in [0.25, 0.3) is 11.8 Å². The summed E-state index contributed by atoms with van der Waals surface area (Å²) < 4.78 is 5.17. The van der Waals surface area contributed by atoms with Crippen LogP contribution >= 0.6 is 11.6 Å². The number of benzene rings is 1. The summed E-state index contributed by atoms with van der Waals surface area (Å²) >= 11 is 5.82. The first kappa shape index (κ1) is 24.4. The van der Waals surface area contributed by atoms with Gasteiger partial charge in [0, 0.05) is 16.6 Å². The number of urea groups is 1. The fraction of sp³-hybridized carbons (Fsp3) is 0.500. The zero-order chi connectivity index (χ0) is 22.1. The summed E-state index contributed by atoms with van der Waals surface area (Å²) in [5.41, 5.74) is 0.340. The zero-order valence-corrected chi connectivity index (χ0v) is 18.0. The lowest BCUT2D eigenvalue weighted by atomic mass is 10.0. The fourth-order valence-electron chi connectivity index (χ4n) is 2.35. The number of hydrogen-bond acceptors (Lipinski definition) is 5. The van der Waals surface area contributed by atoms with Crippen molar-refractivity contribution >= 4 is 35.4 Å². The van der Waals surface area contributed by atoms with Crippen LogP contribution in [0.2, 0.25) is 5.02 Å². The molecule has 0 unspecified atom stereocenters. The lowest BCUT2D eigenvalue weighted by Gasteiger charge is -2.21. The second-order valence-corrected chi connectivity index (χ2v) is 7.80. The van der Waals surface area contributed by atoms with Crippen molar-refractivity contribution < 1.29 is 23.9 Å². The maximum Gasteiger partial charge on any atom is 0.329 e. The van der Waals surface area contributed by atoms with Gasteiger partial charge in [-0.2, -0.15) is 0 Å². The van der Waals surface area contributed by atoms with Gasteiger partial charge in [-0.1, -0.05) is 25.4 Å². The minimum atomic E-state index is -1.21. The van der Waals surface area contributed by atoms with E-state index < -0.39 is 36.0 Å². The van der Waals surface area contributed by atoms with Gasteiger partial charge in [0.15, 0.2) is 6.10 Å². The summed E-state index contributed by atoms with van der Waals surface area (Å²) in [6.07, 6.45) is -0.886. The number of rotatable bonds is 8. The van der Waals surface area contributed by atoms with Crippen LogP contribution in [0.1, 0.15) is 51.4 Å². The minimum absolute atomic E-state index is 0.0824. The number of carbonyl (C=O) groups is 4. The predicted octanol–water partition coefficient (Wildman–Crippen LogP) is 2.65. The van der Waals surface area contributed by atoms with Gasteiger partial charge < -0.3 is 15.4 Å². The highest BCUT2D eigenvalue weighted by Crippen LogP contribution is 2.12. The number of nitrogens with one attached hydrogen (secondary N) is 3. The van der Waals surface area contributed by atoms with Crippen molar-refractivity contribution in [1.29, 1.82) is 0 Å². The molecule has 0 bridgehead atoms.